The Morgan fingerprint density at radius 3 is 3.00 bits per heavy atom. The maximum Gasteiger partial charge on any atom is 0.156 e. The summed E-state index contributed by atoms with van der Waals surface area (Å²) in [4.78, 5) is 8.19. The first-order chi connectivity index (χ1) is 5.81. The second kappa shape index (κ2) is 2.35. The molecule has 58 valence electrons. The summed E-state index contributed by atoms with van der Waals surface area (Å²) in [6, 6.07) is 0. The third-order valence-electron chi connectivity index (χ3n) is 1.67. The lowest BCUT2D eigenvalue weighted by Crippen LogP contribution is -1.91. The van der Waals surface area contributed by atoms with Crippen LogP contribution >= 0.6 is 0 Å². The van der Waals surface area contributed by atoms with Crippen LogP contribution in [0.5, 0.6) is 0 Å². The third kappa shape index (κ3) is 0.857. The van der Waals surface area contributed by atoms with E-state index >= 15 is 0 Å². The van der Waals surface area contributed by atoms with Crippen LogP contribution < -0.4 is 0 Å². The summed E-state index contributed by atoms with van der Waals surface area (Å²) in [6.45, 7) is 1.92. The maximum atomic E-state index is 5.28. The Hall–Kier alpha value is -1.82. The fourth-order valence-corrected chi connectivity index (χ4v) is 1.09. The zero-order valence-electron chi connectivity index (χ0n) is 6.65. The van der Waals surface area contributed by atoms with E-state index in [9.17, 15) is 0 Å². The lowest BCUT2D eigenvalue weighted by Gasteiger charge is -1.95. The normalized spacial score (nSPS) is 10.0. The molecule has 0 bridgehead atoms. The summed E-state index contributed by atoms with van der Waals surface area (Å²) >= 11 is 0. The summed E-state index contributed by atoms with van der Waals surface area (Å²) in [5.41, 5.74) is 2.47. The summed E-state index contributed by atoms with van der Waals surface area (Å²) in [6.07, 6.45) is 10.5. The van der Waals surface area contributed by atoms with Gasteiger partial charge in [-0.3, -0.25) is 9.38 Å². The highest BCUT2D eigenvalue weighted by molar-refractivity contribution is 5.42. The SMILES string of the molecule is C#Cc1cnc2cnc(C)cn12. The minimum Gasteiger partial charge on any atom is -0.290 e. The molecule has 0 saturated carbocycles. The summed E-state index contributed by atoms with van der Waals surface area (Å²) in [5.74, 6) is 2.55. The quantitative estimate of drug-likeness (QED) is 0.534. The minimum atomic E-state index is 0.760. The lowest BCUT2D eigenvalue weighted by molar-refractivity contribution is 1.06. The molecule has 2 heterocycles. The van der Waals surface area contributed by atoms with Gasteiger partial charge in [-0.1, -0.05) is 5.92 Å². The summed E-state index contributed by atoms with van der Waals surface area (Å²) in [7, 11) is 0. The average molecular weight is 157 g/mol. The molecule has 2 aromatic rings. The van der Waals surface area contributed by atoms with Gasteiger partial charge in [0.2, 0.25) is 0 Å². The number of aromatic nitrogens is 3. The Balaban J connectivity index is 2.86. The number of fused-ring (bicyclic) bond motifs is 1. The van der Waals surface area contributed by atoms with Crippen LogP contribution in [0, 0.1) is 19.3 Å². The van der Waals surface area contributed by atoms with Crippen LogP contribution in [0.4, 0.5) is 0 Å². The van der Waals surface area contributed by atoms with Crippen molar-refractivity contribution in [1.29, 1.82) is 0 Å². The van der Waals surface area contributed by atoms with Crippen LogP contribution in [-0.4, -0.2) is 14.4 Å². The van der Waals surface area contributed by atoms with Crippen molar-refractivity contribution in [3.63, 3.8) is 0 Å². The summed E-state index contributed by atoms with van der Waals surface area (Å²) < 4.78 is 1.85. The molecule has 0 aliphatic carbocycles. The van der Waals surface area contributed by atoms with E-state index in [1.54, 1.807) is 12.4 Å². The Bertz CT molecular complexity index is 462. The van der Waals surface area contributed by atoms with E-state index in [2.05, 4.69) is 15.9 Å². The highest BCUT2D eigenvalue weighted by Crippen LogP contribution is 2.04. The van der Waals surface area contributed by atoms with Crippen LogP contribution in [-0.2, 0) is 0 Å². The molecule has 0 atom stereocenters. The maximum absolute atomic E-state index is 5.28. The standard InChI is InChI=1S/C9H7N3/c1-3-8-4-11-9-5-10-7(2)6-12(8)9/h1,4-6H,2H3. The Morgan fingerprint density at radius 1 is 1.42 bits per heavy atom. The first kappa shape index (κ1) is 6.86. The zero-order chi connectivity index (χ0) is 8.55. The molecular formula is C9H7N3. The number of rotatable bonds is 0. The molecule has 0 saturated heterocycles. The fourth-order valence-electron chi connectivity index (χ4n) is 1.09. The number of terminal acetylenes is 1. The monoisotopic (exact) mass is 157 g/mol. The second-order valence-electron chi connectivity index (χ2n) is 2.54. The van der Waals surface area contributed by atoms with Gasteiger partial charge < -0.3 is 0 Å². The van der Waals surface area contributed by atoms with Gasteiger partial charge in [0, 0.05) is 6.20 Å². The van der Waals surface area contributed by atoms with E-state index in [4.69, 9.17) is 6.42 Å². The van der Waals surface area contributed by atoms with Crippen molar-refractivity contribution in [2.24, 2.45) is 0 Å². The summed E-state index contributed by atoms with van der Waals surface area (Å²) in [5, 5.41) is 0. The molecule has 3 nitrogen and oxygen atoms in total. The fraction of sp³-hybridized carbons (Fsp3) is 0.111. The minimum absolute atomic E-state index is 0.760. The van der Waals surface area contributed by atoms with Crippen LogP contribution in [0.1, 0.15) is 11.4 Å². The van der Waals surface area contributed by atoms with E-state index in [1.807, 2.05) is 17.5 Å². The Morgan fingerprint density at radius 2 is 2.25 bits per heavy atom. The van der Waals surface area contributed by atoms with Gasteiger partial charge in [0.1, 0.15) is 5.69 Å². The van der Waals surface area contributed by atoms with Crippen LogP contribution in [0.3, 0.4) is 0 Å². The van der Waals surface area contributed by atoms with Gasteiger partial charge in [-0.15, -0.1) is 6.42 Å². The average Bonchev–Trinajstić information content (AvgIpc) is 2.46. The topological polar surface area (TPSA) is 30.2 Å². The van der Waals surface area contributed by atoms with Gasteiger partial charge >= 0.3 is 0 Å². The first-order valence-corrected chi connectivity index (χ1v) is 3.57. The zero-order valence-corrected chi connectivity index (χ0v) is 6.65. The lowest BCUT2D eigenvalue weighted by atomic mass is 10.4. The Kier molecular flexibility index (Phi) is 1.34. The van der Waals surface area contributed by atoms with Crippen molar-refractivity contribution in [2.75, 3.05) is 0 Å². The number of hydrogen-bond acceptors (Lipinski definition) is 2. The van der Waals surface area contributed by atoms with Gasteiger partial charge in [-0.25, -0.2) is 4.98 Å². The molecule has 0 amide bonds. The van der Waals surface area contributed by atoms with Gasteiger partial charge in [0.25, 0.3) is 0 Å². The highest BCUT2D eigenvalue weighted by Gasteiger charge is 1.99. The molecule has 2 aromatic heterocycles. The first-order valence-electron chi connectivity index (χ1n) is 3.57. The number of aryl methyl sites for hydroxylation is 1. The molecule has 0 radical (unpaired) electrons. The van der Waals surface area contributed by atoms with E-state index in [1.165, 1.54) is 0 Å². The molecule has 3 heteroatoms. The van der Waals surface area contributed by atoms with Crippen molar-refractivity contribution >= 4 is 5.65 Å². The van der Waals surface area contributed by atoms with E-state index in [0.717, 1.165) is 17.0 Å². The molecule has 0 fully saturated rings. The van der Waals surface area contributed by atoms with E-state index in [-0.39, 0.29) is 0 Å². The number of hydrogen-bond donors (Lipinski definition) is 0. The van der Waals surface area contributed by atoms with Crippen molar-refractivity contribution in [2.45, 2.75) is 6.92 Å². The molecule has 12 heavy (non-hydrogen) atoms. The van der Waals surface area contributed by atoms with E-state index < -0.39 is 0 Å². The van der Waals surface area contributed by atoms with Crippen molar-refractivity contribution < 1.29 is 0 Å². The molecule has 0 spiro atoms. The molecule has 0 N–H and O–H groups in total. The predicted octanol–water partition coefficient (Wildman–Crippen LogP) is 1.02. The molecule has 0 aliphatic rings. The third-order valence-corrected chi connectivity index (χ3v) is 1.67. The van der Waals surface area contributed by atoms with E-state index in [0.29, 0.717) is 0 Å². The van der Waals surface area contributed by atoms with Crippen molar-refractivity contribution in [3.8, 4) is 12.3 Å². The van der Waals surface area contributed by atoms with Crippen molar-refractivity contribution in [1.82, 2.24) is 14.4 Å². The van der Waals surface area contributed by atoms with Gasteiger partial charge in [-0.2, -0.15) is 0 Å². The number of imidazole rings is 1. The Labute approximate surface area is 70.1 Å². The molecule has 2 rings (SSSR count). The predicted molar refractivity (Wildman–Crippen MR) is 45.7 cm³/mol. The molecular weight excluding hydrogens is 150 g/mol. The van der Waals surface area contributed by atoms with Gasteiger partial charge in [-0.05, 0) is 6.92 Å². The molecule has 0 aromatic carbocycles. The van der Waals surface area contributed by atoms with Crippen LogP contribution in [0.15, 0.2) is 18.6 Å². The number of nitrogens with zero attached hydrogens (tertiary/aromatic N) is 3. The van der Waals surface area contributed by atoms with Gasteiger partial charge in [0.05, 0.1) is 18.1 Å². The van der Waals surface area contributed by atoms with Gasteiger partial charge in [0.15, 0.2) is 5.65 Å². The highest BCUT2D eigenvalue weighted by atomic mass is 15.0. The van der Waals surface area contributed by atoms with Crippen LogP contribution in [0.2, 0.25) is 0 Å². The molecule has 0 unspecified atom stereocenters. The smallest absolute Gasteiger partial charge is 0.156 e. The van der Waals surface area contributed by atoms with Crippen LogP contribution in [0.25, 0.3) is 5.65 Å². The van der Waals surface area contributed by atoms with Crippen molar-refractivity contribution in [3.05, 3.63) is 30.0 Å². The largest absolute Gasteiger partial charge is 0.290 e. The second-order valence-corrected chi connectivity index (χ2v) is 2.54. The molecule has 0 aliphatic heterocycles.